The molecule has 140 valence electrons. The number of fused-ring (bicyclic) bond motifs is 1. The molecule has 2 heterocycles. The summed E-state index contributed by atoms with van der Waals surface area (Å²) >= 11 is 0. The standard InChI is InChI=1S/C20H20N2O5/c1-4-26-11-14-6-8-18(27-14)19(23)22-17-9-12(2)21-16-7-5-13(10-15(16)17)20(24)25-3/h5-10H,4,11H2,1-3H3,(H,21,22,23). The van der Waals surface area contributed by atoms with Crippen LogP contribution in [-0.2, 0) is 16.1 Å². The van der Waals surface area contributed by atoms with Crippen LogP contribution in [0.5, 0.6) is 0 Å². The lowest BCUT2D eigenvalue weighted by Gasteiger charge is -2.10. The van der Waals surface area contributed by atoms with Gasteiger partial charge in [-0.25, -0.2) is 4.79 Å². The molecule has 0 bridgehead atoms. The molecule has 0 atom stereocenters. The molecule has 2 aromatic heterocycles. The van der Waals surface area contributed by atoms with E-state index in [-0.39, 0.29) is 5.76 Å². The number of benzene rings is 1. The van der Waals surface area contributed by atoms with Gasteiger partial charge in [0.1, 0.15) is 12.4 Å². The minimum Gasteiger partial charge on any atom is -0.465 e. The molecule has 1 aromatic carbocycles. The highest BCUT2D eigenvalue weighted by Crippen LogP contribution is 2.25. The molecule has 27 heavy (non-hydrogen) atoms. The molecule has 0 aliphatic carbocycles. The predicted octanol–water partition coefficient (Wildman–Crippen LogP) is 3.71. The van der Waals surface area contributed by atoms with Crippen LogP contribution >= 0.6 is 0 Å². The van der Waals surface area contributed by atoms with Gasteiger partial charge in [-0.2, -0.15) is 0 Å². The Hall–Kier alpha value is -3.19. The number of aromatic nitrogens is 1. The van der Waals surface area contributed by atoms with Crippen LogP contribution in [0, 0.1) is 6.92 Å². The molecule has 7 heteroatoms. The van der Waals surface area contributed by atoms with Crippen LogP contribution < -0.4 is 5.32 Å². The summed E-state index contributed by atoms with van der Waals surface area (Å²) in [6.07, 6.45) is 0. The van der Waals surface area contributed by atoms with Crippen molar-refractivity contribution in [2.75, 3.05) is 19.0 Å². The summed E-state index contributed by atoms with van der Waals surface area (Å²) in [5.41, 5.74) is 2.31. The molecule has 0 aliphatic heterocycles. The number of amides is 1. The average Bonchev–Trinajstić information content (AvgIpc) is 3.14. The molecule has 0 unspecified atom stereocenters. The predicted molar refractivity (Wildman–Crippen MR) is 99.8 cm³/mol. The van der Waals surface area contributed by atoms with Gasteiger partial charge in [0.15, 0.2) is 5.76 Å². The molecule has 7 nitrogen and oxygen atoms in total. The first-order chi connectivity index (χ1) is 13.0. The minimum atomic E-state index is -0.457. The highest BCUT2D eigenvalue weighted by Gasteiger charge is 2.15. The Morgan fingerprint density at radius 2 is 2.00 bits per heavy atom. The van der Waals surface area contributed by atoms with Gasteiger partial charge >= 0.3 is 5.97 Å². The lowest BCUT2D eigenvalue weighted by Crippen LogP contribution is -2.12. The van der Waals surface area contributed by atoms with Gasteiger partial charge in [-0.05, 0) is 50.2 Å². The molecule has 3 aromatic rings. The van der Waals surface area contributed by atoms with Crippen LogP contribution in [0.4, 0.5) is 5.69 Å². The maximum atomic E-state index is 12.6. The summed E-state index contributed by atoms with van der Waals surface area (Å²) in [5, 5.41) is 3.47. The maximum Gasteiger partial charge on any atom is 0.337 e. The van der Waals surface area contributed by atoms with E-state index in [0.29, 0.717) is 41.1 Å². The first kappa shape index (κ1) is 18.6. The van der Waals surface area contributed by atoms with Crippen molar-refractivity contribution >= 4 is 28.5 Å². The fraction of sp³-hybridized carbons (Fsp3) is 0.250. The Labute approximate surface area is 156 Å². The first-order valence-electron chi connectivity index (χ1n) is 8.49. The number of ether oxygens (including phenoxy) is 2. The second-order valence-electron chi connectivity index (χ2n) is 5.89. The first-order valence-corrected chi connectivity index (χ1v) is 8.49. The van der Waals surface area contributed by atoms with Gasteiger partial charge in [-0.3, -0.25) is 9.78 Å². The van der Waals surface area contributed by atoms with Gasteiger partial charge in [0.25, 0.3) is 5.91 Å². The van der Waals surface area contributed by atoms with Gasteiger partial charge in [0.2, 0.25) is 0 Å². The van der Waals surface area contributed by atoms with Crippen molar-refractivity contribution in [3.63, 3.8) is 0 Å². The molecule has 0 saturated heterocycles. The van der Waals surface area contributed by atoms with Crippen LogP contribution in [0.1, 0.15) is 39.3 Å². The number of anilines is 1. The molecule has 0 fully saturated rings. The Kier molecular flexibility index (Phi) is 5.52. The van der Waals surface area contributed by atoms with E-state index in [2.05, 4.69) is 10.3 Å². The van der Waals surface area contributed by atoms with Crippen LogP contribution in [-0.4, -0.2) is 30.6 Å². The maximum absolute atomic E-state index is 12.6. The third-order valence-corrected chi connectivity index (χ3v) is 3.94. The van der Waals surface area contributed by atoms with E-state index in [1.165, 1.54) is 7.11 Å². The van der Waals surface area contributed by atoms with Crippen molar-refractivity contribution in [3.8, 4) is 0 Å². The number of hydrogen-bond donors (Lipinski definition) is 1. The lowest BCUT2D eigenvalue weighted by molar-refractivity contribution is 0.0601. The van der Waals surface area contributed by atoms with Crippen LogP contribution in [0.15, 0.2) is 40.8 Å². The topological polar surface area (TPSA) is 90.7 Å². The average molecular weight is 368 g/mol. The van der Waals surface area contributed by atoms with E-state index < -0.39 is 11.9 Å². The summed E-state index contributed by atoms with van der Waals surface area (Å²) in [6, 6.07) is 10.0. The number of esters is 1. The van der Waals surface area contributed by atoms with E-state index in [0.717, 1.165) is 5.69 Å². The second-order valence-corrected chi connectivity index (χ2v) is 5.89. The van der Waals surface area contributed by atoms with E-state index >= 15 is 0 Å². The molecule has 1 amide bonds. The molecular weight excluding hydrogens is 348 g/mol. The SMILES string of the molecule is CCOCc1ccc(C(=O)Nc2cc(C)nc3ccc(C(=O)OC)cc23)o1. The number of carbonyl (C=O) groups excluding carboxylic acids is 2. The minimum absolute atomic E-state index is 0.177. The number of furan rings is 1. The van der Waals surface area contributed by atoms with E-state index in [1.54, 1.807) is 36.4 Å². The molecular formula is C20H20N2O5. The number of aryl methyl sites for hydroxylation is 1. The number of rotatable bonds is 6. The highest BCUT2D eigenvalue weighted by atomic mass is 16.5. The zero-order valence-electron chi connectivity index (χ0n) is 15.4. The third-order valence-electron chi connectivity index (χ3n) is 3.94. The zero-order chi connectivity index (χ0) is 19.4. The Morgan fingerprint density at radius 1 is 1.19 bits per heavy atom. The van der Waals surface area contributed by atoms with E-state index in [4.69, 9.17) is 13.9 Å². The molecule has 1 N–H and O–H groups in total. The van der Waals surface area contributed by atoms with Crippen molar-refractivity contribution < 1.29 is 23.5 Å². The zero-order valence-corrected chi connectivity index (χ0v) is 15.4. The number of nitrogens with one attached hydrogen (secondary N) is 1. The van der Waals surface area contributed by atoms with Gasteiger partial charge in [0, 0.05) is 17.7 Å². The molecule has 0 saturated carbocycles. The fourth-order valence-corrected chi connectivity index (χ4v) is 2.67. The third kappa shape index (κ3) is 4.15. The Bertz CT molecular complexity index is 993. The van der Waals surface area contributed by atoms with Gasteiger partial charge < -0.3 is 19.2 Å². The largest absolute Gasteiger partial charge is 0.465 e. The molecule has 0 spiro atoms. The Balaban J connectivity index is 1.91. The molecule has 0 aliphatic rings. The summed E-state index contributed by atoms with van der Waals surface area (Å²) in [5.74, 6) is -0.100. The van der Waals surface area contributed by atoms with Crippen molar-refractivity contribution in [1.82, 2.24) is 4.98 Å². The van der Waals surface area contributed by atoms with Gasteiger partial charge in [-0.1, -0.05) is 0 Å². The number of nitrogens with zero attached hydrogens (tertiary/aromatic N) is 1. The van der Waals surface area contributed by atoms with E-state index in [9.17, 15) is 9.59 Å². The smallest absolute Gasteiger partial charge is 0.337 e. The van der Waals surface area contributed by atoms with Crippen LogP contribution in [0.3, 0.4) is 0 Å². The second kappa shape index (κ2) is 8.01. The van der Waals surface area contributed by atoms with Crippen molar-refractivity contribution in [2.45, 2.75) is 20.5 Å². The van der Waals surface area contributed by atoms with E-state index in [1.807, 2.05) is 13.8 Å². The van der Waals surface area contributed by atoms with Crippen molar-refractivity contribution in [3.05, 3.63) is 59.2 Å². The number of pyridine rings is 1. The number of hydrogen-bond acceptors (Lipinski definition) is 6. The fourth-order valence-electron chi connectivity index (χ4n) is 2.67. The number of carbonyl (C=O) groups is 2. The lowest BCUT2D eigenvalue weighted by atomic mass is 10.1. The van der Waals surface area contributed by atoms with Gasteiger partial charge in [0.05, 0.1) is 23.9 Å². The molecule has 0 radical (unpaired) electrons. The van der Waals surface area contributed by atoms with Crippen molar-refractivity contribution in [2.24, 2.45) is 0 Å². The Morgan fingerprint density at radius 3 is 2.74 bits per heavy atom. The quantitative estimate of drug-likeness (QED) is 0.667. The van der Waals surface area contributed by atoms with Crippen LogP contribution in [0.2, 0.25) is 0 Å². The summed E-state index contributed by atoms with van der Waals surface area (Å²) in [6.45, 7) is 4.59. The van der Waals surface area contributed by atoms with Crippen molar-refractivity contribution in [1.29, 1.82) is 0 Å². The van der Waals surface area contributed by atoms with Crippen LogP contribution in [0.25, 0.3) is 10.9 Å². The summed E-state index contributed by atoms with van der Waals surface area (Å²) < 4.78 is 15.5. The normalized spacial score (nSPS) is 10.8. The van der Waals surface area contributed by atoms with Gasteiger partial charge in [-0.15, -0.1) is 0 Å². The number of methoxy groups -OCH3 is 1. The molecule has 3 rings (SSSR count). The summed E-state index contributed by atoms with van der Waals surface area (Å²) in [4.78, 5) is 28.8. The highest BCUT2D eigenvalue weighted by molar-refractivity contribution is 6.08. The monoisotopic (exact) mass is 368 g/mol. The summed E-state index contributed by atoms with van der Waals surface area (Å²) in [7, 11) is 1.32.